The fourth-order valence-corrected chi connectivity index (χ4v) is 0.732. The summed E-state index contributed by atoms with van der Waals surface area (Å²) in [5.41, 5.74) is 0. The molecule has 0 aliphatic carbocycles. The lowest BCUT2D eigenvalue weighted by Gasteiger charge is -2.11. The van der Waals surface area contributed by atoms with Crippen LogP contribution in [0.4, 0.5) is 0 Å². The lowest BCUT2D eigenvalue weighted by molar-refractivity contribution is 0.217. The Morgan fingerprint density at radius 3 is 2.64 bits per heavy atom. The Bertz CT molecular complexity index is 198. The van der Waals surface area contributed by atoms with E-state index in [0.29, 0.717) is 0 Å². The molecule has 0 aliphatic heterocycles. The molecule has 11 heavy (non-hydrogen) atoms. The lowest BCUT2D eigenvalue weighted by Crippen LogP contribution is -2.09. The molecule has 0 N–H and O–H groups in total. The van der Waals surface area contributed by atoms with Gasteiger partial charge in [-0.2, -0.15) is 0 Å². The predicted octanol–water partition coefficient (Wildman–Crippen LogP) is 2.26. The van der Waals surface area contributed by atoms with Crippen molar-refractivity contribution in [1.82, 2.24) is 4.98 Å². The van der Waals surface area contributed by atoms with E-state index in [1.807, 2.05) is 12.1 Å². The van der Waals surface area contributed by atoms with Crippen LogP contribution in [0.3, 0.4) is 0 Å². The van der Waals surface area contributed by atoms with E-state index in [9.17, 15) is 0 Å². The van der Waals surface area contributed by atoms with Gasteiger partial charge in [0, 0.05) is 12.4 Å². The first-order valence-corrected chi connectivity index (χ1v) is 3.89. The second-order valence-corrected chi connectivity index (χ2v) is 2.52. The van der Waals surface area contributed by atoms with E-state index in [1.165, 1.54) is 0 Å². The Morgan fingerprint density at radius 1 is 1.45 bits per heavy atom. The predicted molar refractivity (Wildman–Crippen MR) is 44.6 cm³/mol. The van der Waals surface area contributed by atoms with Crippen molar-refractivity contribution in [1.29, 1.82) is 0 Å². The quantitative estimate of drug-likeness (QED) is 0.661. The summed E-state index contributed by atoms with van der Waals surface area (Å²) in [5, 5.41) is 0. The molecule has 0 aliphatic rings. The molecule has 1 atom stereocenters. The molecule has 0 saturated heterocycles. The van der Waals surface area contributed by atoms with Gasteiger partial charge in [0.05, 0.1) is 6.10 Å². The van der Waals surface area contributed by atoms with Gasteiger partial charge in [-0.1, -0.05) is 6.92 Å². The van der Waals surface area contributed by atoms with E-state index >= 15 is 0 Å². The molecular formula is C9H13NO. The molecular weight excluding hydrogens is 138 g/mol. The highest BCUT2D eigenvalue weighted by Crippen LogP contribution is 2.10. The van der Waals surface area contributed by atoms with E-state index in [-0.39, 0.29) is 6.10 Å². The van der Waals surface area contributed by atoms with Crippen LogP contribution in [0.25, 0.3) is 0 Å². The molecule has 0 spiro atoms. The first kappa shape index (κ1) is 8.05. The second-order valence-electron chi connectivity index (χ2n) is 2.52. The first-order chi connectivity index (χ1) is 5.33. The minimum absolute atomic E-state index is 0.289. The Balaban J connectivity index is 2.51. The number of pyridine rings is 1. The zero-order valence-corrected chi connectivity index (χ0v) is 6.95. The van der Waals surface area contributed by atoms with Crippen LogP contribution < -0.4 is 4.74 Å². The molecule has 1 aromatic heterocycles. The third-order valence-corrected chi connectivity index (χ3v) is 1.56. The molecule has 2 nitrogen and oxygen atoms in total. The highest BCUT2D eigenvalue weighted by molar-refractivity contribution is 5.16. The second kappa shape index (κ2) is 3.96. The maximum Gasteiger partial charge on any atom is 0.122 e. The van der Waals surface area contributed by atoms with Gasteiger partial charge in [-0.15, -0.1) is 0 Å². The minimum Gasteiger partial charge on any atom is -0.491 e. The van der Waals surface area contributed by atoms with Gasteiger partial charge in [-0.25, -0.2) is 0 Å². The zero-order chi connectivity index (χ0) is 8.10. The van der Waals surface area contributed by atoms with Crippen molar-refractivity contribution in [2.24, 2.45) is 0 Å². The third-order valence-electron chi connectivity index (χ3n) is 1.56. The molecule has 60 valence electrons. The van der Waals surface area contributed by atoms with Gasteiger partial charge < -0.3 is 4.74 Å². The summed E-state index contributed by atoms with van der Waals surface area (Å²) in [5.74, 6) is 0.898. The van der Waals surface area contributed by atoms with E-state index in [0.717, 1.165) is 12.2 Å². The minimum atomic E-state index is 0.289. The van der Waals surface area contributed by atoms with Crippen molar-refractivity contribution < 1.29 is 4.74 Å². The molecule has 0 fully saturated rings. The number of nitrogens with zero attached hydrogens (tertiary/aromatic N) is 1. The van der Waals surface area contributed by atoms with Gasteiger partial charge in [0.2, 0.25) is 0 Å². The largest absolute Gasteiger partial charge is 0.491 e. The van der Waals surface area contributed by atoms with Crippen LogP contribution in [0.15, 0.2) is 24.5 Å². The Hall–Kier alpha value is -1.05. The van der Waals surface area contributed by atoms with Gasteiger partial charge in [-0.05, 0) is 25.5 Å². The SMILES string of the molecule is CCC(C)Oc1ccncc1. The fourth-order valence-electron chi connectivity index (χ4n) is 0.732. The molecule has 1 aromatic rings. The van der Waals surface area contributed by atoms with Crippen LogP contribution >= 0.6 is 0 Å². The van der Waals surface area contributed by atoms with Crippen molar-refractivity contribution in [2.75, 3.05) is 0 Å². The third kappa shape index (κ3) is 2.58. The van der Waals surface area contributed by atoms with E-state index < -0.39 is 0 Å². The van der Waals surface area contributed by atoms with Crippen molar-refractivity contribution in [2.45, 2.75) is 26.4 Å². The molecule has 0 amide bonds. The van der Waals surface area contributed by atoms with Crippen molar-refractivity contribution in [3.63, 3.8) is 0 Å². The first-order valence-electron chi connectivity index (χ1n) is 3.89. The fraction of sp³-hybridized carbons (Fsp3) is 0.444. The molecule has 0 saturated carbocycles. The maximum absolute atomic E-state index is 5.52. The number of ether oxygens (including phenoxy) is 1. The van der Waals surface area contributed by atoms with Gasteiger partial charge >= 0.3 is 0 Å². The van der Waals surface area contributed by atoms with Gasteiger partial charge in [0.1, 0.15) is 5.75 Å². The highest BCUT2D eigenvalue weighted by atomic mass is 16.5. The van der Waals surface area contributed by atoms with Crippen LogP contribution in [0, 0.1) is 0 Å². The average Bonchev–Trinajstić information content (AvgIpc) is 2.06. The Morgan fingerprint density at radius 2 is 2.09 bits per heavy atom. The topological polar surface area (TPSA) is 22.1 Å². The monoisotopic (exact) mass is 151 g/mol. The summed E-state index contributed by atoms with van der Waals surface area (Å²) in [6.07, 6.45) is 4.79. The number of rotatable bonds is 3. The van der Waals surface area contributed by atoms with Gasteiger partial charge in [0.15, 0.2) is 0 Å². The smallest absolute Gasteiger partial charge is 0.122 e. The van der Waals surface area contributed by atoms with Gasteiger partial charge in [-0.3, -0.25) is 4.98 Å². The molecule has 1 heterocycles. The summed E-state index contributed by atoms with van der Waals surface area (Å²) in [6.45, 7) is 4.16. The Kier molecular flexibility index (Phi) is 2.90. The van der Waals surface area contributed by atoms with Crippen LogP contribution in [0.1, 0.15) is 20.3 Å². The number of aromatic nitrogens is 1. The normalized spacial score (nSPS) is 12.5. The summed E-state index contributed by atoms with van der Waals surface area (Å²) in [4.78, 5) is 3.90. The molecule has 0 aromatic carbocycles. The van der Waals surface area contributed by atoms with Crippen molar-refractivity contribution in [3.8, 4) is 5.75 Å². The molecule has 0 radical (unpaired) electrons. The molecule has 1 unspecified atom stereocenters. The van der Waals surface area contributed by atoms with Crippen molar-refractivity contribution >= 4 is 0 Å². The molecule has 2 heteroatoms. The van der Waals surface area contributed by atoms with E-state index in [4.69, 9.17) is 4.74 Å². The number of hydrogen-bond donors (Lipinski definition) is 0. The lowest BCUT2D eigenvalue weighted by atomic mass is 10.3. The standard InChI is InChI=1S/C9H13NO/c1-3-8(2)11-9-4-6-10-7-5-9/h4-8H,3H2,1-2H3. The highest BCUT2D eigenvalue weighted by Gasteiger charge is 1.98. The summed E-state index contributed by atoms with van der Waals surface area (Å²) < 4.78 is 5.52. The van der Waals surface area contributed by atoms with Crippen LogP contribution in [-0.4, -0.2) is 11.1 Å². The Labute approximate surface area is 67.2 Å². The molecule has 1 rings (SSSR count). The van der Waals surface area contributed by atoms with Gasteiger partial charge in [0.25, 0.3) is 0 Å². The maximum atomic E-state index is 5.52. The van der Waals surface area contributed by atoms with Crippen LogP contribution in [0.2, 0.25) is 0 Å². The summed E-state index contributed by atoms with van der Waals surface area (Å²) in [7, 11) is 0. The van der Waals surface area contributed by atoms with E-state index in [1.54, 1.807) is 12.4 Å². The number of hydrogen-bond acceptors (Lipinski definition) is 2. The van der Waals surface area contributed by atoms with E-state index in [2.05, 4.69) is 18.8 Å². The van der Waals surface area contributed by atoms with Crippen molar-refractivity contribution in [3.05, 3.63) is 24.5 Å². The molecule has 0 bridgehead atoms. The average molecular weight is 151 g/mol. The summed E-state index contributed by atoms with van der Waals surface area (Å²) >= 11 is 0. The zero-order valence-electron chi connectivity index (χ0n) is 6.95. The van der Waals surface area contributed by atoms with Crippen LogP contribution in [0.5, 0.6) is 5.75 Å². The summed E-state index contributed by atoms with van der Waals surface area (Å²) in [6, 6.07) is 3.73. The van der Waals surface area contributed by atoms with Crippen LogP contribution in [-0.2, 0) is 0 Å².